The van der Waals surface area contributed by atoms with Gasteiger partial charge in [0.05, 0.1) is 0 Å². The first kappa shape index (κ1) is 8.20. The fraction of sp³-hybridized carbons (Fsp3) is 0.714. The van der Waals surface area contributed by atoms with E-state index in [0.717, 1.165) is 12.8 Å². The molecule has 0 bridgehead atoms. The molecule has 0 aliphatic carbocycles. The van der Waals surface area contributed by atoms with E-state index in [-0.39, 0.29) is 5.54 Å². The van der Waals surface area contributed by atoms with Crippen LogP contribution in [0.5, 0.6) is 0 Å². The summed E-state index contributed by atoms with van der Waals surface area (Å²) in [6.45, 7) is 3.95. The SMILES string of the molecule is CC(C)(N)CCc1ncno1. The van der Waals surface area contributed by atoms with Gasteiger partial charge in [0.15, 0.2) is 6.33 Å². The van der Waals surface area contributed by atoms with Gasteiger partial charge in [-0.15, -0.1) is 0 Å². The van der Waals surface area contributed by atoms with Crippen molar-refractivity contribution >= 4 is 0 Å². The van der Waals surface area contributed by atoms with Crippen LogP contribution >= 0.6 is 0 Å². The second kappa shape index (κ2) is 3.00. The van der Waals surface area contributed by atoms with E-state index < -0.39 is 0 Å². The number of nitrogens with zero attached hydrogens (tertiary/aromatic N) is 2. The Balaban J connectivity index is 2.35. The van der Waals surface area contributed by atoms with E-state index in [1.165, 1.54) is 6.33 Å². The first-order chi connectivity index (χ1) is 5.08. The molecule has 0 spiro atoms. The third-order valence-corrected chi connectivity index (χ3v) is 1.39. The van der Waals surface area contributed by atoms with Gasteiger partial charge in [-0.3, -0.25) is 0 Å². The summed E-state index contributed by atoms with van der Waals surface area (Å²) in [4.78, 5) is 3.89. The largest absolute Gasteiger partial charge is 0.340 e. The molecule has 4 nitrogen and oxygen atoms in total. The van der Waals surface area contributed by atoms with Crippen molar-refractivity contribution in [2.45, 2.75) is 32.2 Å². The average Bonchev–Trinajstić information content (AvgIpc) is 2.32. The molecule has 1 aromatic rings. The van der Waals surface area contributed by atoms with Crippen LogP contribution in [0.15, 0.2) is 10.9 Å². The Morgan fingerprint density at radius 3 is 2.82 bits per heavy atom. The number of hydrogen-bond acceptors (Lipinski definition) is 4. The molecule has 1 aromatic heterocycles. The third-order valence-electron chi connectivity index (χ3n) is 1.39. The van der Waals surface area contributed by atoms with Crippen LogP contribution in [0, 0.1) is 0 Å². The highest BCUT2D eigenvalue weighted by Crippen LogP contribution is 2.07. The van der Waals surface area contributed by atoms with Crippen LogP contribution in [0.3, 0.4) is 0 Å². The van der Waals surface area contributed by atoms with Crippen molar-refractivity contribution in [3.63, 3.8) is 0 Å². The van der Waals surface area contributed by atoms with Gasteiger partial charge in [-0.05, 0) is 20.3 Å². The lowest BCUT2D eigenvalue weighted by Gasteiger charge is -2.16. The normalized spacial score (nSPS) is 11.9. The quantitative estimate of drug-likeness (QED) is 0.699. The minimum atomic E-state index is -0.158. The van der Waals surface area contributed by atoms with Crippen molar-refractivity contribution in [3.05, 3.63) is 12.2 Å². The zero-order valence-corrected chi connectivity index (χ0v) is 6.87. The van der Waals surface area contributed by atoms with E-state index in [2.05, 4.69) is 10.1 Å². The number of rotatable bonds is 3. The Morgan fingerprint density at radius 2 is 2.36 bits per heavy atom. The van der Waals surface area contributed by atoms with Gasteiger partial charge in [0.1, 0.15) is 0 Å². The first-order valence-corrected chi connectivity index (χ1v) is 3.62. The lowest BCUT2D eigenvalue weighted by Crippen LogP contribution is -2.32. The van der Waals surface area contributed by atoms with Gasteiger partial charge in [0.2, 0.25) is 5.89 Å². The monoisotopic (exact) mass is 155 g/mol. The van der Waals surface area contributed by atoms with Gasteiger partial charge in [-0.1, -0.05) is 5.16 Å². The van der Waals surface area contributed by atoms with Crippen molar-refractivity contribution in [3.8, 4) is 0 Å². The molecule has 4 heteroatoms. The van der Waals surface area contributed by atoms with Crippen molar-refractivity contribution in [2.24, 2.45) is 5.73 Å². The van der Waals surface area contributed by atoms with E-state index in [0.29, 0.717) is 5.89 Å². The minimum Gasteiger partial charge on any atom is -0.340 e. The number of nitrogens with two attached hydrogens (primary N) is 1. The Morgan fingerprint density at radius 1 is 1.64 bits per heavy atom. The van der Waals surface area contributed by atoms with E-state index in [1.807, 2.05) is 13.8 Å². The van der Waals surface area contributed by atoms with Crippen molar-refractivity contribution in [2.75, 3.05) is 0 Å². The Labute approximate surface area is 65.8 Å². The van der Waals surface area contributed by atoms with E-state index >= 15 is 0 Å². The van der Waals surface area contributed by atoms with E-state index in [1.54, 1.807) is 0 Å². The van der Waals surface area contributed by atoms with Crippen LogP contribution in [0.25, 0.3) is 0 Å². The van der Waals surface area contributed by atoms with Crippen LogP contribution in [-0.2, 0) is 6.42 Å². The van der Waals surface area contributed by atoms with Crippen LogP contribution < -0.4 is 5.73 Å². The summed E-state index contributed by atoms with van der Waals surface area (Å²) in [5, 5.41) is 3.50. The van der Waals surface area contributed by atoms with E-state index in [4.69, 9.17) is 10.3 Å². The maximum Gasteiger partial charge on any atom is 0.226 e. The van der Waals surface area contributed by atoms with Crippen LogP contribution in [0.2, 0.25) is 0 Å². The molecule has 0 atom stereocenters. The summed E-state index contributed by atoms with van der Waals surface area (Å²) in [6.07, 6.45) is 3.01. The third kappa shape index (κ3) is 3.13. The predicted octanol–water partition coefficient (Wildman–Crippen LogP) is 0.740. The highest BCUT2D eigenvalue weighted by Gasteiger charge is 2.11. The second-order valence-electron chi connectivity index (χ2n) is 3.32. The highest BCUT2D eigenvalue weighted by molar-refractivity contribution is 4.81. The standard InChI is InChI=1S/C7H13N3O/c1-7(2,8)4-3-6-9-5-10-11-6/h5H,3-4,8H2,1-2H3. The topological polar surface area (TPSA) is 64.9 Å². The van der Waals surface area contributed by atoms with Gasteiger partial charge >= 0.3 is 0 Å². The summed E-state index contributed by atoms with van der Waals surface area (Å²) in [6, 6.07) is 0. The Kier molecular flexibility index (Phi) is 2.24. The molecule has 1 rings (SSSR count). The van der Waals surface area contributed by atoms with Gasteiger partial charge in [-0.25, -0.2) is 0 Å². The molecule has 2 N–H and O–H groups in total. The lowest BCUT2D eigenvalue weighted by molar-refractivity contribution is 0.357. The van der Waals surface area contributed by atoms with E-state index in [9.17, 15) is 0 Å². The molecule has 0 fully saturated rings. The number of hydrogen-bond donors (Lipinski definition) is 1. The smallest absolute Gasteiger partial charge is 0.226 e. The van der Waals surface area contributed by atoms with Gasteiger partial charge in [0, 0.05) is 12.0 Å². The summed E-state index contributed by atoms with van der Waals surface area (Å²) in [5.74, 6) is 0.656. The molecule has 0 saturated heterocycles. The molecule has 0 unspecified atom stereocenters. The molecule has 0 aliphatic rings. The van der Waals surface area contributed by atoms with Gasteiger partial charge in [0.25, 0.3) is 0 Å². The Bertz CT molecular complexity index is 200. The zero-order valence-electron chi connectivity index (χ0n) is 6.87. The molecule has 0 amide bonds. The van der Waals surface area contributed by atoms with Crippen molar-refractivity contribution in [1.29, 1.82) is 0 Å². The molecule has 0 radical (unpaired) electrons. The van der Waals surface area contributed by atoms with Gasteiger partial charge in [-0.2, -0.15) is 4.98 Å². The fourth-order valence-corrected chi connectivity index (χ4v) is 0.735. The summed E-state index contributed by atoms with van der Waals surface area (Å²) in [5.41, 5.74) is 5.60. The van der Waals surface area contributed by atoms with Crippen LogP contribution in [-0.4, -0.2) is 15.7 Å². The summed E-state index contributed by atoms with van der Waals surface area (Å²) in [7, 11) is 0. The van der Waals surface area contributed by atoms with Gasteiger partial charge < -0.3 is 10.3 Å². The molecule has 62 valence electrons. The molecular formula is C7H13N3O. The molecular weight excluding hydrogens is 142 g/mol. The maximum absolute atomic E-state index is 5.76. The molecule has 0 saturated carbocycles. The highest BCUT2D eigenvalue weighted by atomic mass is 16.5. The molecule has 1 heterocycles. The maximum atomic E-state index is 5.76. The molecule has 0 aromatic carbocycles. The van der Waals surface area contributed by atoms with Crippen molar-refractivity contribution < 1.29 is 4.52 Å². The minimum absolute atomic E-state index is 0.158. The number of aromatic nitrogens is 2. The zero-order chi connectivity index (χ0) is 8.32. The van der Waals surface area contributed by atoms with Crippen molar-refractivity contribution in [1.82, 2.24) is 10.1 Å². The second-order valence-corrected chi connectivity index (χ2v) is 3.32. The molecule has 11 heavy (non-hydrogen) atoms. The average molecular weight is 155 g/mol. The fourth-order valence-electron chi connectivity index (χ4n) is 0.735. The lowest BCUT2D eigenvalue weighted by atomic mass is 10.0. The first-order valence-electron chi connectivity index (χ1n) is 3.62. The Hall–Kier alpha value is -0.900. The molecule has 0 aliphatic heterocycles. The van der Waals surface area contributed by atoms with Crippen LogP contribution in [0.1, 0.15) is 26.2 Å². The van der Waals surface area contributed by atoms with Crippen LogP contribution in [0.4, 0.5) is 0 Å². The summed E-state index contributed by atoms with van der Waals surface area (Å²) >= 11 is 0. The number of aryl methyl sites for hydroxylation is 1. The summed E-state index contributed by atoms with van der Waals surface area (Å²) < 4.78 is 4.81. The predicted molar refractivity (Wildman–Crippen MR) is 40.9 cm³/mol.